The van der Waals surface area contributed by atoms with Crippen LogP contribution in [0, 0.1) is 0 Å². The molecule has 4 nitrogen and oxygen atoms in total. The minimum Gasteiger partial charge on any atom is -0.491 e. The Morgan fingerprint density at radius 1 is 1.21 bits per heavy atom. The highest BCUT2D eigenvalue weighted by Crippen LogP contribution is 2.15. The van der Waals surface area contributed by atoms with Crippen molar-refractivity contribution in [1.82, 2.24) is 0 Å². The Bertz CT molecular complexity index is 435. The summed E-state index contributed by atoms with van der Waals surface area (Å²) in [5.41, 5.74) is 0.731. The molecule has 0 heterocycles. The van der Waals surface area contributed by atoms with E-state index in [1.54, 1.807) is 43.5 Å². The lowest BCUT2D eigenvalue weighted by molar-refractivity contribution is -0.111. The topological polar surface area (TPSA) is 47.6 Å². The molecule has 0 atom stereocenters. The van der Waals surface area contributed by atoms with E-state index in [2.05, 4.69) is 5.32 Å². The van der Waals surface area contributed by atoms with Crippen LogP contribution >= 0.6 is 0 Å². The summed E-state index contributed by atoms with van der Waals surface area (Å²) in [4.78, 5) is 11.5. The Balaban J connectivity index is 2.45. The van der Waals surface area contributed by atoms with E-state index in [-0.39, 0.29) is 5.91 Å². The van der Waals surface area contributed by atoms with Gasteiger partial charge in [-0.1, -0.05) is 18.2 Å². The Hall–Kier alpha value is -2.07. The number of anilines is 1. The van der Waals surface area contributed by atoms with Crippen LogP contribution in [0.1, 0.15) is 6.92 Å². The van der Waals surface area contributed by atoms with Gasteiger partial charge in [-0.25, -0.2) is 0 Å². The molecular weight excluding hydrogens is 242 g/mol. The van der Waals surface area contributed by atoms with Gasteiger partial charge in [0.2, 0.25) is 5.91 Å². The predicted octanol–water partition coefficient (Wildman–Crippen LogP) is 2.78. The van der Waals surface area contributed by atoms with Crippen LogP contribution in [0.3, 0.4) is 0 Å². The summed E-state index contributed by atoms with van der Waals surface area (Å²) in [7, 11) is 1.63. The van der Waals surface area contributed by atoms with E-state index >= 15 is 0 Å². The van der Waals surface area contributed by atoms with Crippen molar-refractivity contribution in [1.29, 1.82) is 0 Å². The molecule has 0 saturated carbocycles. The smallest absolute Gasteiger partial charge is 0.248 e. The Labute approximate surface area is 113 Å². The van der Waals surface area contributed by atoms with E-state index < -0.39 is 0 Å². The molecule has 0 fully saturated rings. The molecule has 4 heteroatoms. The molecule has 0 aliphatic carbocycles. The highest BCUT2D eigenvalue weighted by Gasteiger charge is 1.98. The molecule has 0 spiro atoms. The largest absolute Gasteiger partial charge is 0.491 e. The summed E-state index contributed by atoms with van der Waals surface area (Å²) in [6.07, 6.45) is 6.82. The molecule has 0 radical (unpaired) electrons. The van der Waals surface area contributed by atoms with Crippen molar-refractivity contribution in [2.75, 3.05) is 25.6 Å². The number of ether oxygens (including phenoxy) is 2. The van der Waals surface area contributed by atoms with Gasteiger partial charge in [-0.2, -0.15) is 0 Å². The maximum Gasteiger partial charge on any atom is 0.248 e. The second-order valence-electron chi connectivity index (χ2n) is 3.74. The van der Waals surface area contributed by atoms with Gasteiger partial charge in [0, 0.05) is 18.9 Å². The minimum atomic E-state index is -0.161. The van der Waals surface area contributed by atoms with E-state index in [0.29, 0.717) is 13.2 Å². The fourth-order valence-corrected chi connectivity index (χ4v) is 1.32. The molecule has 102 valence electrons. The minimum absolute atomic E-state index is 0.161. The summed E-state index contributed by atoms with van der Waals surface area (Å²) >= 11 is 0. The van der Waals surface area contributed by atoms with Crippen molar-refractivity contribution in [3.8, 4) is 5.75 Å². The summed E-state index contributed by atoms with van der Waals surface area (Å²) in [6.45, 7) is 2.95. The molecular formula is C15H19NO3. The lowest BCUT2D eigenvalue weighted by atomic mass is 10.3. The highest BCUT2D eigenvalue weighted by atomic mass is 16.5. The molecule has 19 heavy (non-hydrogen) atoms. The molecule has 0 unspecified atom stereocenters. The second-order valence-corrected chi connectivity index (χ2v) is 3.74. The fourth-order valence-electron chi connectivity index (χ4n) is 1.32. The summed E-state index contributed by atoms with van der Waals surface area (Å²) < 4.78 is 10.3. The number of hydrogen-bond acceptors (Lipinski definition) is 3. The van der Waals surface area contributed by atoms with Crippen LogP contribution in [-0.4, -0.2) is 26.2 Å². The first-order chi connectivity index (χ1) is 9.26. The third kappa shape index (κ3) is 6.43. The Kier molecular flexibility index (Phi) is 7.05. The van der Waals surface area contributed by atoms with Gasteiger partial charge >= 0.3 is 0 Å². The summed E-state index contributed by atoms with van der Waals surface area (Å²) in [5, 5.41) is 2.76. The molecule has 1 aromatic rings. The predicted molar refractivity (Wildman–Crippen MR) is 76.4 cm³/mol. The zero-order chi connectivity index (χ0) is 13.9. The van der Waals surface area contributed by atoms with Crippen LogP contribution in [-0.2, 0) is 9.53 Å². The quantitative estimate of drug-likeness (QED) is 0.466. The van der Waals surface area contributed by atoms with Crippen molar-refractivity contribution in [3.05, 3.63) is 48.6 Å². The molecule has 0 aromatic heterocycles. The molecule has 0 saturated heterocycles. The van der Waals surface area contributed by atoms with Crippen molar-refractivity contribution in [2.45, 2.75) is 6.92 Å². The van der Waals surface area contributed by atoms with Gasteiger partial charge in [-0.3, -0.25) is 4.79 Å². The van der Waals surface area contributed by atoms with Gasteiger partial charge in [0.15, 0.2) is 0 Å². The van der Waals surface area contributed by atoms with Crippen molar-refractivity contribution < 1.29 is 14.3 Å². The van der Waals surface area contributed by atoms with Crippen LogP contribution in [0.2, 0.25) is 0 Å². The van der Waals surface area contributed by atoms with Gasteiger partial charge in [0.25, 0.3) is 0 Å². The number of hydrogen-bond donors (Lipinski definition) is 1. The zero-order valence-electron chi connectivity index (χ0n) is 11.3. The third-order valence-electron chi connectivity index (χ3n) is 2.23. The first-order valence-electron chi connectivity index (χ1n) is 6.08. The maximum absolute atomic E-state index is 11.5. The molecule has 1 amide bonds. The summed E-state index contributed by atoms with van der Waals surface area (Å²) in [6, 6.07) is 7.20. The molecule has 0 aliphatic heterocycles. The summed E-state index contributed by atoms with van der Waals surface area (Å²) in [5.74, 6) is 0.589. The van der Waals surface area contributed by atoms with E-state index in [1.807, 2.05) is 13.0 Å². The molecule has 1 N–H and O–H groups in total. The monoisotopic (exact) mass is 261 g/mol. The normalized spacial score (nSPS) is 11.1. The first-order valence-corrected chi connectivity index (χ1v) is 6.08. The van der Waals surface area contributed by atoms with Crippen molar-refractivity contribution in [3.63, 3.8) is 0 Å². The van der Waals surface area contributed by atoms with Crippen LogP contribution in [0.25, 0.3) is 0 Å². The van der Waals surface area contributed by atoms with Crippen LogP contribution in [0.5, 0.6) is 5.75 Å². The van der Waals surface area contributed by atoms with Crippen LogP contribution in [0.4, 0.5) is 5.69 Å². The lowest BCUT2D eigenvalue weighted by Gasteiger charge is -2.06. The van der Waals surface area contributed by atoms with Crippen molar-refractivity contribution >= 4 is 11.6 Å². The average Bonchev–Trinajstić information content (AvgIpc) is 2.41. The van der Waals surface area contributed by atoms with E-state index in [9.17, 15) is 4.79 Å². The maximum atomic E-state index is 11.5. The lowest BCUT2D eigenvalue weighted by Crippen LogP contribution is -2.08. The molecule has 0 bridgehead atoms. The number of methoxy groups -OCH3 is 1. The van der Waals surface area contributed by atoms with E-state index in [1.165, 1.54) is 6.08 Å². The first kappa shape index (κ1) is 15.0. The van der Waals surface area contributed by atoms with Gasteiger partial charge in [0.1, 0.15) is 12.4 Å². The standard InChI is InChI=1S/C15H19NO3/c1-3-4-5-6-15(17)16-13-7-9-14(10-8-13)19-12-11-18-2/h3-10H,11-12H2,1-2H3,(H,16,17). The van der Waals surface area contributed by atoms with E-state index in [0.717, 1.165) is 11.4 Å². The Morgan fingerprint density at radius 3 is 2.58 bits per heavy atom. The number of carbonyl (C=O) groups excluding carboxylic acids is 1. The molecule has 1 rings (SSSR count). The van der Waals surface area contributed by atoms with Gasteiger partial charge < -0.3 is 14.8 Å². The second kappa shape index (κ2) is 8.94. The number of nitrogens with one attached hydrogen (secondary N) is 1. The number of allylic oxidation sites excluding steroid dienone is 3. The Morgan fingerprint density at radius 2 is 1.95 bits per heavy atom. The number of amides is 1. The number of benzene rings is 1. The average molecular weight is 261 g/mol. The number of rotatable bonds is 7. The van der Waals surface area contributed by atoms with E-state index in [4.69, 9.17) is 9.47 Å². The van der Waals surface area contributed by atoms with Gasteiger partial charge in [-0.15, -0.1) is 0 Å². The van der Waals surface area contributed by atoms with Gasteiger partial charge in [-0.05, 0) is 31.2 Å². The third-order valence-corrected chi connectivity index (χ3v) is 2.23. The zero-order valence-corrected chi connectivity index (χ0v) is 11.3. The van der Waals surface area contributed by atoms with Gasteiger partial charge in [0.05, 0.1) is 6.61 Å². The molecule has 1 aromatic carbocycles. The van der Waals surface area contributed by atoms with Crippen LogP contribution in [0.15, 0.2) is 48.6 Å². The molecule has 0 aliphatic rings. The number of carbonyl (C=O) groups is 1. The fraction of sp³-hybridized carbons (Fsp3) is 0.267. The van der Waals surface area contributed by atoms with Crippen molar-refractivity contribution in [2.24, 2.45) is 0 Å². The van der Waals surface area contributed by atoms with Crippen LogP contribution < -0.4 is 10.1 Å². The SMILES string of the molecule is CC=CC=CC(=O)Nc1ccc(OCCOC)cc1. The highest BCUT2D eigenvalue weighted by molar-refractivity contribution is 5.99.